The Bertz CT molecular complexity index is 959. The first-order valence-electron chi connectivity index (χ1n) is 8.88. The average Bonchev–Trinajstić information content (AvgIpc) is 2.99. The number of hydrogen-bond acceptors (Lipinski definition) is 3. The van der Waals surface area contributed by atoms with Crippen molar-refractivity contribution in [3.8, 4) is 11.4 Å². The number of hydroxylamine groups is 1. The second-order valence-corrected chi connectivity index (χ2v) is 6.43. The average molecular weight is 361 g/mol. The van der Waals surface area contributed by atoms with Crippen molar-refractivity contribution in [1.82, 2.24) is 15.0 Å². The molecular formula is C22H23N3O2. The Morgan fingerprint density at radius 3 is 2.67 bits per heavy atom. The summed E-state index contributed by atoms with van der Waals surface area (Å²) in [4.78, 5) is 16.0. The highest BCUT2D eigenvalue weighted by molar-refractivity contribution is 5.91. The fourth-order valence-corrected chi connectivity index (χ4v) is 3.02. The molecule has 0 radical (unpaired) electrons. The molecular weight excluding hydrogens is 338 g/mol. The predicted molar refractivity (Wildman–Crippen MR) is 106 cm³/mol. The van der Waals surface area contributed by atoms with Crippen LogP contribution in [0, 0.1) is 13.8 Å². The molecule has 1 amide bonds. The van der Waals surface area contributed by atoms with E-state index < -0.39 is 5.91 Å². The maximum Gasteiger partial charge on any atom is 0.267 e. The third kappa shape index (κ3) is 4.51. The van der Waals surface area contributed by atoms with Crippen molar-refractivity contribution in [2.24, 2.45) is 0 Å². The van der Waals surface area contributed by atoms with Crippen molar-refractivity contribution in [3.05, 3.63) is 83.2 Å². The molecule has 0 saturated heterocycles. The maximum atomic E-state index is 11.2. The molecule has 1 aromatic heterocycles. The SMILES string of the molecule is Cc1nc(-c2cccc(C=CC(=O)NO)c2)n(CCc2ccccc2)c1C. The number of benzene rings is 2. The monoisotopic (exact) mass is 361 g/mol. The van der Waals surface area contributed by atoms with Gasteiger partial charge in [-0.15, -0.1) is 0 Å². The Balaban J connectivity index is 1.89. The van der Waals surface area contributed by atoms with Gasteiger partial charge in [-0.2, -0.15) is 0 Å². The molecule has 5 heteroatoms. The number of carbonyl (C=O) groups is 1. The summed E-state index contributed by atoms with van der Waals surface area (Å²) >= 11 is 0. The summed E-state index contributed by atoms with van der Waals surface area (Å²) in [5.74, 6) is 0.360. The normalized spacial score (nSPS) is 11.1. The van der Waals surface area contributed by atoms with Crippen molar-refractivity contribution in [2.75, 3.05) is 0 Å². The van der Waals surface area contributed by atoms with E-state index in [9.17, 15) is 4.79 Å². The lowest BCUT2D eigenvalue weighted by Crippen LogP contribution is -2.14. The van der Waals surface area contributed by atoms with E-state index in [0.29, 0.717) is 0 Å². The lowest BCUT2D eigenvalue weighted by molar-refractivity contribution is -0.124. The lowest BCUT2D eigenvalue weighted by atomic mass is 10.1. The molecule has 2 N–H and O–H groups in total. The standard InChI is InChI=1S/C22H23N3O2/c1-16-17(2)25(14-13-18-7-4-3-5-8-18)22(23-16)20-10-6-9-19(15-20)11-12-21(26)24-27/h3-12,15,27H,13-14H2,1-2H3,(H,24,26). The number of rotatable bonds is 6. The molecule has 2 aromatic carbocycles. The Labute approximate surface area is 159 Å². The van der Waals surface area contributed by atoms with Gasteiger partial charge in [0.15, 0.2) is 0 Å². The van der Waals surface area contributed by atoms with Crippen LogP contribution < -0.4 is 5.48 Å². The number of aromatic nitrogens is 2. The van der Waals surface area contributed by atoms with Crippen LogP contribution in [0.25, 0.3) is 17.5 Å². The van der Waals surface area contributed by atoms with Crippen LogP contribution in [0.4, 0.5) is 0 Å². The zero-order chi connectivity index (χ0) is 19.2. The molecule has 0 unspecified atom stereocenters. The van der Waals surface area contributed by atoms with Gasteiger partial charge in [-0.1, -0.05) is 48.5 Å². The molecule has 1 heterocycles. The van der Waals surface area contributed by atoms with Crippen molar-refractivity contribution in [2.45, 2.75) is 26.8 Å². The van der Waals surface area contributed by atoms with Gasteiger partial charge in [-0.3, -0.25) is 10.0 Å². The van der Waals surface area contributed by atoms with Crippen molar-refractivity contribution in [3.63, 3.8) is 0 Å². The van der Waals surface area contributed by atoms with E-state index in [1.165, 1.54) is 11.6 Å². The van der Waals surface area contributed by atoms with Crippen LogP contribution in [0.3, 0.4) is 0 Å². The number of nitrogens with zero attached hydrogens (tertiary/aromatic N) is 2. The van der Waals surface area contributed by atoms with E-state index in [4.69, 9.17) is 10.2 Å². The van der Waals surface area contributed by atoms with Crippen molar-refractivity contribution >= 4 is 12.0 Å². The summed E-state index contributed by atoms with van der Waals surface area (Å²) in [6.07, 6.45) is 3.88. The van der Waals surface area contributed by atoms with Crippen LogP contribution >= 0.6 is 0 Å². The fourth-order valence-electron chi connectivity index (χ4n) is 3.02. The second kappa shape index (κ2) is 8.47. The zero-order valence-corrected chi connectivity index (χ0v) is 15.5. The molecule has 0 spiro atoms. The van der Waals surface area contributed by atoms with E-state index in [1.54, 1.807) is 11.6 Å². The number of aryl methyl sites for hydroxylation is 2. The molecule has 3 aromatic rings. The van der Waals surface area contributed by atoms with Gasteiger partial charge in [-0.25, -0.2) is 10.5 Å². The van der Waals surface area contributed by atoms with E-state index >= 15 is 0 Å². The van der Waals surface area contributed by atoms with E-state index in [2.05, 4.69) is 35.8 Å². The topological polar surface area (TPSA) is 67.2 Å². The van der Waals surface area contributed by atoms with Crippen LogP contribution in [0.2, 0.25) is 0 Å². The van der Waals surface area contributed by atoms with E-state index in [0.717, 1.165) is 41.3 Å². The third-order valence-corrected chi connectivity index (χ3v) is 4.61. The largest absolute Gasteiger partial charge is 0.328 e. The molecule has 27 heavy (non-hydrogen) atoms. The smallest absolute Gasteiger partial charge is 0.267 e. The quantitative estimate of drug-likeness (QED) is 0.397. The Hall–Kier alpha value is -3.18. The molecule has 0 aliphatic carbocycles. The summed E-state index contributed by atoms with van der Waals surface area (Å²) in [7, 11) is 0. The van der Waals surface area contributed by atoms with Crippen molar-refractivity contribution in [1.29, 1.82) is 0 Å². The molecule has 0 fully saturated rings. The van der Waals surface area contributed by atoms with Crippen LogP contribution in [0.1, 0.15) is 22.5 Å². The summed E-state index contributed by atoms with van der Waals surface area (Å²) in [6.45, 7) is 4.96. The van der Waals surface area contributed by atoms with Crippen LogP contribution in [0.5, 0.6) is 0 Å². The second-order valence-electron chi connectivity index (χ2n) is 6.43. The molecule has 0 atom stereocenters. The summed E-state index contributed by atoms with van der Waals surface area (Å²) in [5, 5.41) is 8.60. The molecule has 5 nitrogen and oxygen atoms in total. The number of carbonyl (C=O) groups excluding carboxylic acids is 1. The first kappa shape index (κ1) is 18.6. The highest BCUT2D eigenvalue weighted by Gasteiger charge is 2.13. The van der Waals surface area contributed by atoms with Crippen LogP contribution in [0.15, 0.2) is 60.7 Å². The molecule has 0 bridgehead atoms. The van der Waals surface area contributed by atoms with Gasteiger partial charge in [0.05, 0.1) is 5.69 Å². The highest BCUT2D eigenvalue weighted by Crippen LogP contribution is 2.24. The van der Waals surface area contributed by atoms with Gasteiger partial charge >= 0.3 is 0 Å². The highest BCUT2D eigenvalue weighted by atomic mass is 16.5. The Kier molecular flexibility index (Phi) is 5.84. The number of amides is 1. The lowest BCUT2D eigenvalue weighted by Gasteiger charge is -2.11. The molecule has 0 saturated carbocycles. The van der Waals surface area contributed by atoms with Gasteiger partial charge in [0.2, 0.25) is 0 Å². The fraction of sp³-hybridized carbons (Fsp3) is 0.182. The van der Waals surface area contributed by atoms with Gasteiger partial charge in [-0.05, 0) is 43.5 Å². The third-order valence-electron chi connectivity index (χ3n) is 4.61. The van der Waals surface area contributed by atoms with Gasteiger partial charge in [0.25, 0.3) is 5.91 Å². The minimum Gasteiger partial charge on any atom is -0.328 e. The predicted octanol–water partition coefficient (Wildman–Crippen LogP) is 3.93. The Morgan fingerprint density at radius 1 is 1.15 bits per heavy atom. The van der Waals surface area contributed by atoms with E-state index in [-0.39, 0.29) is 0 Å². The number of nitrogens with one attached hydrogen (secondary N) is 1. The first-order valence-corrected chi connectivity index (χ1v) is 8.88. The molecule has 0 aliphatic rings. The molecule has 0 aliphatic heterocycles. The number of hydrogen-bond donors (Lipinski definition) is 2. The van der Waals surface area contributed by atoms with Gasteiger partial charge in [0.1, 0.15) is 5.82 Å². The maximum absolute atomic E-state index is 11.2. The Morgan fingerprint density at radius 2 is 1.93 bits per heavy atom. The van der Waals surface area contributed by atoms with Crippen LogP contribution in [-0.4, -0.2) is 20.7 Å². The van der Waals surface area contributed by atoms with E-state index in [1.807, 2.05) is 37.3 Å². The van der Waals surface area contributed by atoms with Gasteiger partial charge in [0, 0.05) is 23.9 Å². The van der Waals surface area contributed by atoms with Crippen molar-refractivity contribution < 1.29 is 10.0 Å². The zero-order valence-electron chi connectivity index (χ0n) is 15.5. The number of imidazole rings is 1. The van der Waals surface area contributed by atoms with Gasteiger partial charge < -0.3 is 4.57 Å². The minimum absolute atomic E-state index is 0.559. The summed E-state index contributed by atoms with van der Waals surface area (Å²) < 4.78 is 2.24. The first-order chi connectivity index (χ1) is 13.1. The summed E-state index contributed by atoms with van der Waals surface area (Å²) in [6, 6.07) is 18.3. The van der Waals surface area contributed by atoms with Crippen LogP contribution in [-0.2, 0) is 17.8 Å². The minimum atomic E-state index is -0.559. The summed E-state index contributed by atoms with van der Waals surface area (Å²) in [5.41, 5.74) is 6.91. The molecule has 3 rings (SSSR count). The molecule has 138 valence electrons.